The van der Waals surface area contributed by atoms with E-state index in [0.717, 1.165) is 181 Å². The van der Waals surface area contributed by atoms with E-state index in [-0.39, 0.29) is 31.1 Å². The van der Waals surface area contributed by atoms with E-state index in [2.05, 4.69) is 113 Å². The third-order valence-electron chi connectivity index (χ3n) is 23.1. The van der Waals surface area contributed by atoms with Crippen molar-refractivity contribution in [2.75, 3.05) is 47.1 Å². The molecule has 5 aromatic heterocycles. The fraction of sp³-hybridized carbons (Fsp3) is 0.276. The van der Waals surface area contributed by atoms with E-state index in [4.69, 9.17) is 54.1 Å². The minimum absolute atomic E-state index is 0.239. The molecule has 2 atom stereocenters. The number of aromatic nitrogens is 4. The number of nitrogens with one attached hydrogen (secondary N) is 5. The van der Waals surface area contributed by atoms with Crippen LogP contribution in [0.15, 0.2) is 181 Å². The molecule has 676 valence electrons. The molecule has 0 aliphatic heterocycles. The van der Waals surface area contributed by atoms with Gasteiger partial charge in [-0.15, -0.1) is 11.3 Å². The summed E-state index contributed by atoms with van der Waals surface area (Å²) < 4.78 is 32.1. The van der Waals surface area contributed by atoms with E-state index in [1.807, 2.05) is 140 Å². The third kappa shape index (κ3) is 23.1. The lowest BCUT2D eigenvalue weighted by molar-refractivity contribution is -0.128. The van der Waals surface area contributed by atoms with Crippen molar-refractivity contribution < 1.29 is 76.4 Å². The van der Waals surface area contributed by atoms with Gasteiger partial charge in [-0.3, -0.25) is 29.8 Å². The summed E-state index contributed by atoms with van der Waals surface area (Å²) >= 11 is 1.69. The third-order valence-corrected chi connectivity index (χ3v) is 23.9. The van der Waals surface area contributed by atoms with Gasteiger partial charge in [0, 0.05) is 52.7 Å². The summed E-state index contributed by atoms with van der Waals surface area (Å²) in [6.07, 6.45) is 17.1. The number of primary amides is 1. The molecule has 5 aliphatic rings. The van der Waals surface area contributed by atoms with Gasteiger partial charge in [-0.25, -0.2) is 48.7 Å². The van der Waals surface area contributed by atoms with Gasteiger partial charge in [0.15, 0.2) is 25.4 Å². The Balaban J connectivity index is 0.000000142. The standard InChI is InChI=1S/C28H29N3O4.C27H28N2O4.C26H25N3O5.C24H22N2O3S/c1-4-29-28(34)31-26(32)18(3)35-27(33)24-21-12-5-6-14-23(21)30-25-20(11-8-13-22(24)25)16-19-10-7-9-17(2)15-19;1-18-10-12-19(13-11-18)16-20-6-5-8-22-25(21-7-3-4-9-23(21)29-26(20)22)27(31)33-17-24(30)28-14-15-32-2;1-14-12-16(8-11-21(14)33-3)13-17-9-10-19-22(18-6-4-5-7-20(18)28-23(17)19)25(31)34-15(2)24(30)29-26(27)32;27-21(25-16-10-11-16)14-29-24(28)22-18-7-1-2-9-20(18)26-23-15(5-3-8-19(22)23)13-17-6-4-12-30-17/h5-7,9-10,12,14-16,18H,4,8,11,13H2,1-3H3,(H2,29,31,32,34);3-4,7,9-13,16H,5-6,8,14-15,17H2,1-2H3,(H,28,30);4-8,11-13,15H,9-10H2,1-3H3,(H3,27,29,30,32);1-2,4,6-7,9,12-13,16H,3,5,8,10-11,14H2,(H,25,27)/b2*20-16+;;15-13+. The molecule has 26 nitrogen and oxygen atoms in total. The number of rotatable bonds is 22. The number of allylic oxidation sites excluding steroid dienone is 4. The van der Waals surface area contributed by atoms with Crippen molar-refractivity contribution in [1.82, 2.24) is 46.5 Å². The Morgan fingerprint density at radius 2 is 0.902 bits per heavy atom. The minimum atomic E-state index is -1.19. The maximum absolute atomic E-state index is 13.4. The number of para-hydroxylation sites is 4. The van der Waals surface area contributed by atoms with Gasteiger partial charge in [-0.1, -0.05) is 145 Å². The number of carbonyl (C=O) groups is 10. The molecule has 17 rings (SSSR count). The molecule has 2 unspecified atom stereocenters. The zero-order valence-electron chi connectivity index (χ0n) is 74.9. The van der Waals surface area contributed by atoms with Gasteiger partial charge in [0.05, 0.1) is 80.8 Å². The van der Waals surface area contributed by atoms with E-state index in [9.17, 15) is 47.9 Å². The summed E-state index contributed by atoms with van der Waals surface area (Å²) in [4.78, 5) is 145. The van der Waals surface area contributed by atoms with Crippen molar-refractivity contribution in [3.63, 3.8) is 0 Å². The largest absolute Gasteiger partial charge is 0.496 e. The molecular weight excluding hydrogens is 1690 g/mol. The SMILES string of the molecule is CCNC(=O)NC(=O)C(C)OC(=O)c1c2c(nc3ccccc13)/C(=C/c1cccc(C)c1)CCC2.COCCNC(=O)COC(=O)c1c2c(nc3ccccc13)/C(=C/c1ccc(C)cc1)CCC2.COc1ccc(C=C2CCc3c2nc2ccccc2c3C(=O)OC(C)C(=O)NC(N)=O)cc1C.O=C(COC(=O)c1c2c(nc3ccccc13)/C(=C/c1cccs1)CCC2)NC1CC1. The van der Waals surface area contributed by atoms with Crippen LogP contribution < -0.4 is 37.1 Å². The first-order valence-corrected chi connectivity index (χ1v) is 45.1. The van der Waals surface area contributed by atoms with Crippen LogP contribution in [0.3, 0.4) is 0 Å². The number of methoxy groups -OCH3 is 2. The summed E-state index contributed by atoms with van der Waals surface area (Å²) in [5, 5.41) is 17.0. The molecule has 7 aromatic carbocycles. The highest BCUT2D eigenvalue weighted by Crippen LogP contribution is 2.43. The van der Waals surface area contributed by atoms with Crippen LogP contribution in [0.25, 0.3) is 90.2 Å². The van der Waals surface area contributed by atoms with Crippen LogP contribution in [0.5, 0.6) is 5.75 Å². The highest BCUT2D eigenvalue weighted by molar-refractivity contribution is 7.10. The Hall–Kier alpha value is -14.7. The van der Waals surface area contributed by atoms with Crippen LogP contribution in [0, 0.1) is 20.8 Å². The number of urea groups is 2. The number of nitrogens with zero attached hydrogens (tertiary/aromatic N) is 4. The Bertz CT molecular complexity index is 6590. The van der Waals surface area contributed by atoms with Gasteiger partial charge in [-0.2, -0.15) is 0 Å². The normalized spacial score (nSPS) is 15.1. The van der Waals surface area contributed by atoms with Crippen molar-refractivity contribution in [1.29, 1.82) is 0 Å². The topological polar surface area (TPSA) is 364 Å². The molecule has 0 bridgehead atoms. The van der Waals surface area contributed by atoms with Crippen molar-refractivity contribution in [3.05, 3.63) is 287 Å². The number of aryl methyl sites for hydroxylation is 3. The van der Waals surface area contributed by atoms with Gasteiger partial charge in [-0.05, 0) is 264 Å². The minimum Gasteiger partial charge on any atom is -0.496 e. The second-order valence-electron chi connectivity index (χ2n) is 32.8. The van der Waals surface area contributed by atoms with Gasteiger partial charge in [0.25, 0.3) is 23.6 Å². The van der Waals surface area contributed by atoms with E-state index < -0.39 is 60.0 Å². The number of hydrogen-bond donors (Lipinski definition) is 6. The number of imide groups is 2. The van der Waals surface area contributed by atoms with Crippen LogP contribution in [0.1, 0.15) is 203 Å². The molecule has 5 heterocycles. The summed E-state index contributed by atoms with van der Waals surface area (Å²) in [6.45, 7) is 11.2. The van der Waals surface area contributed by atoms with Crippen LogP contribution in [-0.2, 0) is 68.5 Å². The molecule has 8 amide bonds. The summed E-state index contributed by atoms with van der Waals surface area (Å²) in [5.41, 5.74) is 27.3. The molecule has 0 radical (unpaired) electrons. The van der Waals surface area contributed by atoms with E-state index in [1.165, 1.54) is 29.9 Å². The lowest BCUT2D eigenvalue weighted by Gasteiger charge is -2.23. The zero-order chi connectivity index (χ0) is 93.1. The number of carbonyl (C=O) groups excluding carboxylic acids is 10. The number of ether oxygens (including phenoxy) is 6. The molecule has 12 aromatic rings. The monoisotopic (exact) mass is 1790 g/mol. The molecule has 0 spiro atoms. The number of pyridine rings is 4. The molecular formula is C105H104N10O16S. The Morgan fingerprint density at radius 3 is 1.36 bits per heavy atom. The molecule has 1 fully saturated rings. The second-order valence-corrected chi connectivity index (χ2v) is 33.7. The number of benzene rings is 7. The van der Waals surface area contributed by atoms with Crippen LogP contribution in [0.2, 0.25) is 0 Å². The van der Waals surface area contributed by atoms with Gasteiger partial charge >= 0.3 is 35.9 Å². The Morgan fingerprint density at radius 1 is 0.455 bits per heavy atom. The summed E-state index contributed by atoms with van der Waals surface area (Å²) in [6, 6.07) is 55.3. The summed E-state index contributed by atoms with van der Waals surface area (Å²) in [5.74, 6) is -3.44. The van der Waals surface area contributed by atoms with Crippen LogP contribution >= 0.6 is 11.3 Å². The van der Waals surface area contributed by atoms with Crippen LogP contribution in [-0.4, -0.2) is 145 Å². The first-order chi connectivity index (χ1) is 63.9. The molecule has 132 heavy (non-hydrogen) atoms. The Kier molecular flexibility index (Phi) is 30.9. The quantitative estimate of drug-likeness (QED) is 0.0208. The molecule has 27 heteroatoms. The molecule has 7 N–H and O–H groups in total. The molecule has 1 saturated carbocycles. The predicted molar refractivity (Wildman–Crippen MR) is 511 cm³/mol. The van der Waals surface area contributed by atoms with E-state index >= 15 is 0 Å². The maximum atomic E-state index is 13.4. The molecule has 0 saturated heterocycles. The number of nitrogens with two attached hydrogens (primary N) is 1. The van der Waals surface area contributed by atoms with Crippen molar-refractivity contribution in [2.24, 2.45) is 5.73 Å². The second kappa shape index (κ2) is 43.6. The summed E-state index contributed by atoms with van der Waals surface area (Å²) in [7, 11) is 3.20. The van der Waals surface area contributed by atoms with Crippen molar-refractivity contribution >= 4 is 161 Å². The van der Waals surface area contributed by atoms with Crippen LogP contribution in [0.4, 0.5) is 9.59 Å². The number of hydrogen-bond acceptors (Lipinski definition) is 21. The van der Waals surface area contributed by atoms with Gasteiger partial charge < -0.3 is 50.1 Å². The first-order valence-electron chi connectivity index (χ1n) is 44.2. The highest BCUT2D eigenvalue weighted by atomic mass is 32.1. The lowest BCUT2D eigenvalue weighted by atomic mass is 9.86. The first kappa shape index (κ1) is 93.4. The van der Waals surface area contributed by atoms with Crippen molar-refractivity contribution in [3.8, 4) is 5.75 Å². The highest BCUT2D eigenvalue weighted by Gasteiger charge is 2.35. The fourth-order valence-electron chi connectivity index (χ4n) is 16.6. The van der Waals surface area contributed by atoms with E-state index in [0.29, 0.717) is 83.0 Å². The number of esters is 4. The maximum Gasteiger partial charge on any atom is 0.339 e. The van der Waals surface area contributed by atoms with Crippen molar-refractivity contribution in [2.45, 2.75) is 143 Å². The molecule has 5 aliphatic carbocycles. The van der Waals surface area contributed by atoms with Gasteiger partial charge in [0.1, 0.15) is 5.75 Å². The number of thiophene rings is 1. The number of amides is 8. The average molecular weight is 1790 g/mol. The zero-order valence-corrected chi connectivity index (χ0v) is 75.7. The lowest BCUT2D eigenvalue weighted by Crippen LogP contribution is -2.44. The Labute approximate surface area is 768 Å². The fourth-order valence-corrected chi connectivity index (χ4v) is 17.3. The predicted octanol–water partition coefficient (Wildman–Crippen LogP) is 17.5. The number of fused-ring (bicyclic) bond motifs is 8. The van der Waals surface area contributed by atoms with E-state index in [1.54, 1.807) is 32.5 Å². The average Bonchev–Trinajstić information content (AvgIpc) is 1.36. The van der Waals surface area contributed by atoms with Gasteiger partial charge in [0.2, 0.25) is 0 Å². The smallest absolute Gasteiger partial charge is 0.339 e.